The fraction of sp³-hybridized carbons (Fsp3) is 0.188. The molecule has 2 aromatic heterocycles. The predicted molar refractivity (Wildman–Crippen MR) is 86.6 cm³/mol. The van der Waals surface area contributed by atoms with Crippen LogP contribution in [0.5, 0.6) is 0 Å². The standard InChI is InChI=1S/C16H16N4O2/c1-2-10-20-14-13(15(21)19-16(20)22)17-12(18-14)9-8-11-6-4-3-5-7-11/h3-9H,2,10H2,1H3,(H,17,18)(H,19,21,22)/b9-8+. The van der Waals surface area contributed by atoms with Gasteiger partial charge in [-0.05, 0) is 18.1 Å². The molecule has 0 amide bonds. The largest absolute Gasteiger partial charge is 0.333 e. The summed E-state index contributed by atoms with van der Waals surface area (Å²) in [4.78, 5) is 33.4. The van der Waals surface area contributed by atoms with E-state index in [-0.39, 0.29) is 0 Å². The quantitative estimate of drug-likeness (QED) is 0.772. The van der Waals surface area contributed by atoms with Gasteiger partial charge in [0, 0.05) is 6.54 Å². The minimum atomic E-state index is -0.445. The lowest BCUT2D eigenvalue weighted by molar-refractivity contribution is 0.652. The lowest BCUT2D eigenvalue weighted by atomic mass is 10.2. The van der Waals surface area contributed by atoms with Crippen molar-refractivity contribution in [3.05, 3.63) is 62.6 Å². The highest BCUT2D eigenvalue weighted by atomic mass is 16.2. The summed E-state index contributed by atoms with van der Waals surface area (Å²) in [6, 6.07) is 9.78. The van der Waals surface area contributed by atoms with E-state index in [9.17, 15) is 9.59 Å². The summed E-state index contributed by atoms with van der Waals surface area (Å²) in [6.45, 7) is 2.48. The Hall–Kier alpha value is -2.89. The molecule has 0 bridgehead atoms. The summed E-state index contributed by atoms with van der Waals surface area (Å²) in [7, 11) is 0. The molecule has 0 fully saturated rings. The monoisotopic (exact) mass is 296 g/mol. The van der Waals surface area contributed by atoms with Crippen LogP contribution in [0.2, 0.25) is 0 Å². The van der Waals surface area contributed by atoms with Gasteiger partial charge in [-0.3, -0.25) is 14.3 Å². The molecule has 0 saturated carbocycles. The fourth-order valence-electron chi connectivity index (χ4n) is 2.31. The summed E-state index contributed by atoms with van der Waals surface area (Å²) in [5.41, 5.74) is 0.871. The molecule has 0 atom stereocenters. The highest BCUT2D eigenvalue weighted by Crippen LogP contribution is 2.09. The lowest BCUT2D eigenvalue weighted by Gasteiger charge is -2.02. The van der Waals surface area contributed by atoms with Crippen molar-refractivity contribution in [3.8, 4) is 0 Å². The molecule has 0 aliphatic heterocycles. The zero-order valence-electron chi connectivity index (χ0n) is 12.2. The van der Waals surface area contributed by atoms with E-state index >= 15 is 0 Å². The minimum Gasteiger partial charge on any atom is -0.333 e. The second-order valence-electron chi connectivity index (χ2n) is 4.98. The first-order chi connectivity index (χ1) is 10.7. The van der Waals surface area contributed by atoms with Gasteiger partial charge in [0.15, 0.2) is 5.65 Å². The summed E-state index contributed by atoms with van der Waals surface area (Å²) in [6.07, 6.45) is 4.47. The van der Waals surface area contributed by atoms with Crippen molar-refractivity contribution in [2.24, 2.45) is 0 Å². The topological polar surface area (TPSA) is 83.5 Å². The Morgan fingerprint density at radius 2 is 1.91 bits per heavy atom. The summed E-state index contributed by atoms with van der Waals surface area (Å²) in [5, 5.41) is 0. The number of benzene rings is 1. The zero-order chi connectivity index (χ0) is 15.5. The van der Waals surface area contributed by atoms with Gasteiger partial charge in [-0.15, -0.1) is 0 Å². The summed E-state index contributed by atoms with van der Waals surface area (Å²) >= 11 is 0. The number of hydrogen-bond acceptors (Lipinski definition) is 3. The molecule has 2 N–H and O–H groups in total. The van der Waals surface area contributed by atoms with Crippen molar-refractivity contribution >= 4 is 23.3 Å². The van der Waals surface area contributed by atoms with Crippen molar-refractivity contribution in [1.82, 2.24) is 19.5 Å². The minimum absolute atomic E-state index is 0.320. The van der Waals surface area contributed by atoms with Gasteiger partial charge in [-0.1, -0.05) is 43.3 Å². The Kier molecular flexibility index (Phi) is 3.74. The van der Waals surface area contributed by atoms with E-state index in [1.807, 2.05) is 43.3 Å². The van der Waals surface area contributed by atoms with Crippen LogP contribution in [-0.2, 0) is 6.54 Å². The molecule has 0 aliphatic carbocycles. The number of rotatable bonds is 4. The van der Waals surface area contributed by atoms with Crippen LogP contribution >= 0.6 is 0 Å². The number of H-pyrrole nitrogens is 2. The average Bonchev–Trinajstić information content (AvgIpc) is 2.95. The Morgan fingerprint density at radius 1 is 1.14 bits per heavy atom. The molecule has 0 saturated heterocycles. The number of aryl methyl sites for hydroxylation is 1. The molecule has 2 heterocycles. The SMILES string of the molecule is CCCn1c(=O)[nH]c(=O)c2[nH]c(/C=C/c3ccccc3)nc21. The third kappa shape index (κ3) is 2.63. The Morgan fingerprint density at radius 3 is 2.64 bits per heavy atom. The van der Waals surface area contributed by atoms with Gasteiger partial charge in [0.1, 0.15) is 11.3 Å². The Balaban J connectivity index is 2.08. The van der Waals surface area contributed by atoms with Gasteiger partial charge in [0.05, 0.1) is 0 Å². The average molecular weight is 296 g/mol. The first-order valence-corrected chi connectivity index (χ1v) is 7.15. The summed E-state index contributed by atoms with van der Waals surface area (Å²) < 4.78 is 1.48. The highest BCUT2D eigenvalue weighted by molar-refractivity contribution is 5.75. The maximum atomic E-state index is 11.9. The van der Waals surface area contributed by atoms with Crippen LogP contribution in [0, 0.1) is 0 Å². The van der Waals surface area contributed by atoms with Gasteiger partial charge in [0.25, 0.3) is 5.56 Å². The van der Waals surface area contributed by atoms with Gasteiger partial charge < -0.3 is 4.98 Å². The number of nitrogens with one attached hydrogen (secondary N) is 2. The maximum absolute atomic E-state index is 11.9. The van der Waals surface area contributed by atoms with Crippen molar-refractivity contribution in [2.45, 2.75) is 19.9 Å². The number of aromatic amines is 2. The number of hydrogen-bond donors (Lipinski definition) is 2. The first kappa shape index (κ1) is 14.1. The van der Waals surface area contributed by atoms with Gasteiger partial charge in [-0.2, -0.15) is 0 Å². The van der Waals surface area contributed by atoms with Crippen LogP contribution in [0.1, 0.15) is 24.7 Å². The van der Waals surface area contributed by atoms with Crippen LogP contribution in [-0.4, -0.2) is 19.5 Å². The van der Waals surface area contributed by atoms with E-state index in [4.69, 9.17) is 0 Å². The second-order valence-corrected chi connectivity index (χ2v) is 4.98. The fourth-order valence-corrected chi connectivity index (χ4v) is 2.31. The molecule has 0 radical (unpaired) electrons. The number of imidazole rings is 1. The van der Waals surface area contributed by atoms with Crippen LogP contribution < -0.4 is 11.2 Å². The van der Waals surface area contributed by atoms with Crippen LogP contribution in [0.15, 0.2) is 39.9 Å². The molecular formula is C16H16N4O2. The normalized spacial score (nSPS) is 11.5. The van der Waals surface area contributed by atoms with Crippen molar-refractivity contribution in [2.75, 3.05) is 0 Å². The predicted octanol–water partition coefficient (Wildman–Crippen LogP) is 1.99. The van der Waals surface area contributed by atoms with Crippen LogP contribution in [0.25, 0.3) is 23.3 Å². The Labute approximate surface area is 126 Å². The third-order valence-corrected chi connectivity index (χ3v) is 3.33. The Bertz CT molecular complexity index is 932. The van der Waals surface area contributed by atoms with Crippen LogP contribution in [0.4, 0.5) is 0 Å². The van der Waals surface area contributed by atoms with E-state index in [1.165, 1.54) is 4.57 Å². The molecule has 3 rings (SSSR count). The molecule has 0 aliphatic rings. The number of aromatic nitrogens is 4. The molecule has 0 spiro atoms. The third-order valence-electron chi connectivity index (χ3n) is 3.33. The van der Waals surface area contributed by atoms with Crippen molar-refractivity contribution in [3.63, 3.8) is 0 Å². The summed E-state index contributed by atoms with van der Waals surface area (Å²) in [5.74, 6) is 0.541. The van der Waals surface area contributed by atoms with Gasteiger partial charge in [0.2, 0.25) is 0 Å². The smallest absolute Gasteiger partial charge is 0.330 e. The lowest BCUT2D eigenvalue weighted by Crippen LogP contribution is -2.30. The van der Waals surface area contributed by atoms with E-state index in [0.717, 1.165) is 12.0 Å². The molecular weight excluding hydrogens is 280 g/mol. The molecule has 0 unspecified atom stereocenters. The van der Waals surface area contributed by atoms with Crippen molar-refractivity contribution in [1.29, 1.82) is 0 Å². The number of fused-ring (bicyclic) bond motifs is 1. The number of nitrogens with zero attached hydrogens (tertiary/aromatic N) is 2. The van der Waals surface area contributed by atoms with E-state index in [1.54, 1.807) is 6.08 Å². The zero-order valence-corrected chi connectivity index (χ0v) is 12.2. The van der Waals surface area contributed by atoms with Crippen LogP contribution in [0.3, 0.4) is 0 Å². The first-order valence-electron chi connectivity index (χ1n) is 7.15. The van der Waals surface area contributed by atoms with Crippen molar-refractivity contribution < 1.29 is 0 Å². The molecule has 22 heavy (non-hydrogen) atoms. The molecule has 6 nitrogen and oxygen atoms in total. The molecule has 6 heteroatoms. The van der Waals surface area contributed by atoms with E-state index in [2.05, 4.69) is 15.0 Å². The van der Waals surface area contributed by atoms with Gasteiger partial charge in [-0.25, -0.2) is 9.78 Å². The van der Waals surface area contributed by atoms with E-state index < -0.39 is 11.2 Å². The molecule has 112 valence electrons. The van der Waals surface area contributed by atoms with Gasteiger partial charge >= 0.3 is 5.69 Å². The van der Waals surface area contributed by atoms with E-state index in [0.29, 0.717) is 23.5 Å². The molecule has 3 aromatic rings. The second kappa shape index (κ2) is 5.85. The molecule has 1 aromatic carbocycles. The maximum Gasteiger partial charge on any atom is 0.330 e. The highest BCUT2D eigenvalue weighted by Gasteiger charge is 2.11.